The number of H-pyrrole nitrogens is 1. The van der Waals surface area contributed by atoms with Gasteiger partial charge < -0.3 is 10.0 Å². The summed E-state index contributed by atoms with van der Waals surface area (Å²) >= 11 is 0. The molecule has 2 rings (SSSR count). The monoisotopic (exact) mass is 296 g/mol. The normalized spacial score (nSPS) is 15.9. The van der Waals surface area contributed by atoms with Crippen LogP contribution in [0.3, 0.4) is 0 Å². The molecule has 114 valence electrons. The zero-order valence-corrected chi connectivity index (χ0v) is 11.3. The topological polar surface area (TPSA) is 116 Å². The molecular weight excluding hydrogens is 280 g/mol. The summed E-state index contributed by atoms with van der Waals surface area (Å²) in [4.78, 5) is 48.6. The summed E-state index contributed by atoms with van der Waals surface area (Å²) in [5, 5.41) is 11.0. The zero-order chi connectivity index (χ0) is 15.4. The average molecular weight is 296 g/mol. The van der Waals surface area contributed by atoms with Crippen molar-refractivity contribution in [1.29, 1.82) is 0 Å². The number of piperazine rings is 1. The van der Waals surface area contributed by atoms with Gasteiger partial charge in [-0.05, 0) is 0 Å². The minimum absolute atomic E-state index is 0.0481. The third kappa shape index (κ3) is 4.02. The summed E-state index contributed by atoms with van der Waals surface area (Å²) in [5.41, 5.74) is -0.902. The predicted octanol–water partition coefficient (Wildman–Crippen LogP) is -2.23. The molecule has 9 heteroatoms. The molecule has 21 heavy (non-hydrogen) atoms. The van der Waals surface area contributed by atoms with E-state index in [2.05, 4.69) is 5.10 Å². The number of carboxylic acid groups (broad SMARTS) is 1. The lowest BCUT2D eigenvalue weighted by Crippen LogP contribution is -2.51. The number of hydrogen-bond donors (Lipinski definition) is 2. The Kier molecular flexibility index (Phi) is 4.53. The highest BCUT2D eigenvalue weighted by Crippen LogP contribution is 2.02. The van der Waals surface area contributed by atoms with Crippen molar-refractivity contribution in [1.82, 2.24) is 19.6 Å². The number of aromatic amines is 1. The van der Waals surface area contributed by atoms with Crippen LogP contribution in [0.25, 0.3) is 0 Å². The second-order valence-corrected chi connectivity index (χ2v) is 4.78. The molecule has 1 aliphatic rings. The van der Waals surface area contributed by atoms with Gasteiger partial charge >= 0.3 is 5.97 Å². The quantitative estimate of drug-likeness (QED) is 0.649. The van der Waals surface area contributed by atoms with Crippen LogP contribution in [0.5, 0.6) is 0 Å². The fraction of sp³-hybridized carbons (Fsp3) is 0.500. The average Bonchev–Trinajstić information content (AvgIpc) is 2.43. The first-order valence-corrected chi connectivity index (χ1v) is 6.48. The lowest BCUT2D eigenvalue weighted by molar-refractivity contribution is -0.139. The van der Waals surface area contributed by atoms with E-state index in [9.17, 15) is 19.2 Å². The Morgan fingerprint density at radius 1 is 1.10 bits per heavy atom. The van der Waals surface area contributed by atoms with Crippen molar-refractivity contribution in [2.45, 2.75) is 6.54 Å². The van der Waals surface area contributed by atoms with Gasteiger partial charge in [-0.2, -0.15) is 0 Å². The molecule has 0 aliphatic carbocycles. The highest BCUT2D eigenvalue weighted by molar-refractivity contribution is 5.76. The predicted molar refractivity (Wildman–Crippen MR) is 72.0 cm³/mol. The van der Waals surface area contributed by atoms with Crippen molar-refractivity contribution in [2.75, 3.05) is 32.7 Å². The minimum atomic E-state index is -0.900. The van der Waals surface area contributed by atoms with Crippen molar-refractivity contribution in [2.24, 2.45) is 0 Å². The lowest BCUT2D eigenvalue weighted by Gasteiger charge is -2.33. The first-order valence-electron chi connectivity index (χ1n) is 6.48. The Bertz CT molecular complexity index is 642. The Morgan fingerprint density at radius 3 is 2.38 bits per heavy atom. The third-order valence-corrected chi connectivity index (χ3v) is 3.27. The maximum Gasteiger partial charge on any atom is 0.317 e. The van der Waals surface area contributed by atoms with Crippen LogP contribution in [-0.2, 0) is 16.1 Å². The number of carbonyl (C=O) groups is 2. The van der Waals surface area contributed by atoms with Gasteiger partial charge in [0.15, 0.2) is 0 Å². The molecule has 0 atom stereocenters. The van der Waals surface area contributed by atoms with E-state index in [4.69, 9.17) is 5.11 Å². The van der Waals surface area contributed by atoms with Crippen LogP contribution >= 0.6 is 0 Å². The minimum Gasteiger partial charge on any atom is -0.480 e. The summed E-state index contributed by atoms with van der Waals surface area (Å²) in [5.74, 6) is -1.18. The van der Waals surface area contributed by atoms with Crippen LogP contribution in [0.2, 0.25) is 0 Å². The van der Waals surface area contributed by atoms with Crippen LogP contribution in [-0.4, -0.2) is 69.3 Å². The van der Waals surface area contributed by atoms with E-state index in [-0.39, 0.29) is 19.0 Å². The molecule has 9 nitrogen and oxygen atoms in total. The van der Waals surface area contributed by atoms with E-state index in [1.807, 2.05) is 0 Å². The molecule has 0 unspecified atom stereocenters. The van der Waals surface area contributed by atoms with E-state index < -0.39 is 17.1 Å². The first-order chi connectivity index (χ1) is 9.95. The first kappa shape index (κ1) is 15.0. The molecule has 0 radical (unpaired) electrons. The number of nitrogens with one attached hydrogen (secondary N) is 1. The van der Waals surface area contributed by atoms with Gasteiger partial charge in [-0.25, -0.2) is 4.68 Å². The van der Waals surface area contributed by atoms with Crippen molar-refractivity contribution in [3.8, 4) is 0 Å². The van der Waals surface area contributed by atoms with Gasteiger partial charge in [-0.1, -0.05) is 0 Å². The number of carbonyl (C=O) groups excluding carboxylic acids is 1. The fourth-order valence-electron chi connectivity index (χ4n) is 2.16. The SMILES string of the molecule is O=C(O)CN1CCN(C(=O)Cn2[nH]c(=O)ccc2=O)CC1. The van der Waals surface area contributed by atoms with Crippen LogP contribution < -0.4 is 11.1 Å². The lowest BCUT2D eigenvalue weighted by atomic mass is 10.3. The Labute approximate surface area is 119 Å². The molecule has 1 saturated heterocycles. The fourth-order valence-corrected chi connectivity index (χ4v) is 2.16. The second kappa shape index (κ2) is 6.35. The van der Waals surface area contributed by atoms with Gasteiger partial charge in [0.05, 0.1) is 6.54 Å². The number of aromatic nitrogens is 2. The van der Waals surface area contributed by atoms with Crippen LogP contribution in [0.15, 0.2) is 21.7 Å². The Hall–Kier alpha value is -2.42. The summed E-state index contributed by atoms with van der Waals surface area (Å²) in [6.45, 7) is 1.47. The van der Waals surface area contributed by atoms with E-state index in [0.717, 1.165) is 16.8 Å². The van der Waals surface area contributed by atoms with Crippen molar-refractivity contribution < 1.29 is 14.7 Å². The van der Waals surface area contributed by atoms with Gasteiger partial charge in [0, 0.05) is 38.3 Å². The van der Waals surface area contributed by atoms with Crippen molar-refractivity contribution >= 4 is 11.9 Å². The van der Waals surface area contributed by atoms with Crippen molar-refractivity contribution in [3.63, 3.8) is 0 Å². The zero-order valence-electron chi connectivity index (χ0n) is 11.3. The Morgan fingerprint density at radius 2 is 1.76 bits per heavy atom. The maximum absolute atomic E-state index is 12.1. The summed E-state index contributed by atoms with van der Waals surface area (Å²) in [7, 11) is 0. The summed E-state index contributed by atoms with van der Waals surface area (Å²) < 4.78 is 0.967. The second-order valence-electron chi connectivity index (χ2n) is 4.78. The molecule has 1 fully saturated rings. The number of aliphatic carboxylic acids is 1. The van der Waals surface area contributed by atoms with E-state index >= 15 is 0 Å². The molecule has 1 aliphatic heterocycles. The molecule has 1 amide bonds. The molecule has 2 N–H and O–H groups in total. The number of carboxylic acids is 1. The smallest absolute Gasteiger partial charge is 0.317 e. The number of hydrogen-bond acceptors (Lipinski definition) is 5. The van der Waals surface area contributed by atoms with Crippen molar-refractivity contribution in [3.05, 3.63) is 32.8 Å². The molecule has 1 aromatic heterocycles. The molecule has 0 bridgehead atoms. The van der Waals surface area contributed by atoms with E-state index in [1.165, 1.54) is 0 Å². The third-order valence-electron chi connectivity index (χ3n) is 3.27. The molecule has 0 aromatic carbocycles. The molecular formula is C12H16N4O5. The number of rotatable bonds is 4. The highest BCUT2D eigenvalue weighted by atomic mass is 16.4. The standard InChI is InChI=1S/C12H16N4O5/c17-9-1-2-10(18)16(13-9)7-11(19)15-5-3-14(4-6-15)8-12(20)21/h1-2H,3-8H2,(H,13,17)(H,20,21). The Balaban J connectivity index is 1.93. The van der Waals surface area contributed by atoms with Gasteiger partial charge in [0.1, 0.15) is 6.54 Å². The molecule has 1 aromatic rings. The molecule has 0 saturated carbocycles. The number of nitrogens with zero attached hydrogens (tertiary/aromatic N) is 3. The van der Waals surface area contributed by atoms with Gasteiger partial charge in [-0.15, -0.1) is 0 Å². The molecule has 0 spiro atoms. The van der Waals surface area contributed by atoms with Crippen LogP contribution in [0.1, 0.15) is 0 Å². The van der Waals surface area contributed by atoms with Gasteiger partial charge in [-0.3, -0.25) is 29.2 Å². The summed E-state index contributed by atoms with van der Waals surface area (Å²) in [6, 6.07) is 2.21. The van der Waals surface area contributed by atoms with Crippen LogP contribution in [0.4, 0.5) is 0 Å². The van der Waals surface area contributed by atoms with Crippen LogP contribution in [0, 0.1) is 0 Å². The van der Waals surface area contributed by atoms with Gasteiger partial charge in [0.2, 0.25) is 5.91 Å². The summed E-state index contributed by atoms with van der Waals surface area (Å²) in [6.07, 6.45) is 0. The van der Waals surface area contributed by atoms with Gasteiger partial charge in [0.25, 0.3) is 11.1 Å². The molecule has 2 heterocycles. The number of amides is 1. The van der Waals surface area contributed by atoms with E-state index in [0.29, 0.717) is 26.2 Å². The maximum atomic E-state index is 12.1. The highest BCUT2D eigenvalue weighted by Gasteiger charge is 2.22. The largest absolute Gasteiger partial charge is 0.480 e. The van der Waals surface area contributed by atoms with E-state index in [1.54, 1.807) is 9.80 Å².